The number of benzene rings is 2. The molecule has 2 rings (SSSR count). The van der Waals surface area contributed by atoms with Crippen LogP contribution in [0.2, 0.25) is 0 Å². The molecule has 0 saturated carbocycles. The van der Waals surface area contributed by atoms with Gasteiger partial charge in [-0.3, -0.25) is 0 Å². The van der Waals surface area contributed by atoms with Crippen molar-refractivity contribution in [1.29, 1.82) is 0 Å². The summed E-state index contributed by atoms with van der Waals surface area (Å²) in [4.78, 5) is 0. The Morgan fingerprint density at radius 3 is 2.19 bits per heavy atom. The Morgan fingerprint density at radius 1 is 1.00 bits per heavy atom. The van der Waals surface area contributed by atoms with Crippen LogP contribution in [-0.4, -0.2) is 12.6 Å². The van der Waals surface area contributed by atoms with E-state index in [0.29, 0.717) is 6.61 Å². The van der Waals surface area contributed by atoms with Crippen molar-refractivity contribution in [1.82, 2.24) is 0 Å². The summed E-state index contributed by atoms with van der Waals surface area (Å²) in [7, 11) is 0. The molecule has 0 amide bonds. The third-order valence-electron chi connectivity index (χ3n) is 3.62. The molecule has 0 spiro atoms. The molecule has 2 heteroatoms. The molecule has 0 aromatic heterocycles. The largest absolute Gasteiger partial charge is 0.372 e. The van der Waals surface area contributed by atoms with E-state index >= 15 is 0 Å². The van der Waals surface area contributed by atoms with Crippen LogP contribution in [0.5, 0.6) is 0 Å². The summed E-state index contributed by atoms with van der Waals surface area (Å²) < 4.78 is 5.90. The van der Waals surface area contributed by atoms with Crippen LogP contribution < -0.4 is 5.73 Å². The first kappa shape index (κ1) is 15.7. The summed E-state index contributed by atoms with van der Waals surface area (Å²) in [6, 6.07) is 16.8. The minimum absolute atomic E-state index is 0.0476. The first-order chi connectivity index (χ1) is 10.1. The quantitative estimate of drug-likeness (QED) is 0.871. The van der Waals surface area contributed by atoms with Crippen LogP contribution in [-0.2, 0) is 11.2 Å². The molecule has 0 bridgehead atoms. The van der Waals surface area contributed by atoms with Crippen LogP contribution >= 0.6 is 0 Å². The van der Waals surface area contributed by atoms with Crippen LogP contribution in [0.15, 0.2) is 48.5 Å². The summed E-state index contributed by atoms with van der Waals surface area (Å²) in [6.07, 6.45) is 0.763. The second kappa shape index (κ2) is 7.39. The molecule has 2 aromatic carbocycles. The topological polar surface area (TPSA) is 35.2 Å². The lowest BCUT2D eigenvalue weighted by Gasteiger charge is -2.24. The molecule has 0 aliphatic rings. The third-order valence-corrected chi connectivity index (χ3v) is 3.62. The van der Waals surface area contributed by atoms with E-state index in [1.54, 1.807) is 0 Å². The minimum Gasteiger partial charge on any atom is -0.372 e. The maximum absolute atomic E-state index is 6.44. The highest BCUT2D eigenvalue weighted by Gasteiger charge is 2.20. The summed E-state index contributed by atoms with van der Waals surface area (Å²) >= 11 is 0. The van der Waals surface area contributed by atoms with Gasteiger partial charge in [0.05, 0.1) is 6.10 Å². The zero-order valence-corrected chi connectivity index (χ0v) is 13.2. The molecule has 112 valence electrons. The average Bonchev–Trinajstić information content (AvgIpc) is 2.44. The number of rotatable bonds is 6. The SMILES string of the molecule is CCOC(c1ccccc1)C(N)Cc1cc(C)cc(C)c1. The zero-order valence-electron chi connectivity index (χ0n) is 13.2. The first-order valence-corrected chi connectivity index (χ1v) is 7.59. The average molecular weight is 283 g/mol. The normalized spacial score (nSPS) is 13.9. The lowest BCUT2D eigenvalue weighted by Crippen LogP contribution is -2.32. The molecule has 21 heavy (non-hydrogen) atoms. The number of hydrogen-bond acceptors (Lipinski definition) is 2. The predicted molar refractivity (Wildman–Crippen MR) is 88.4 cm³/mol. The Labute approximate surface area is 127 Å². The van der Waals surface area contributed by atoms with Crippen molar-refractivity contribution >= 4 is 0 Å². The van der Waals surface area contributed by atoms with Crippen molar-refractivity contribution in [3.05, 3.63) is 70.8 Å². The van der Waals surface area contributed by atoms with Gasteiger partial charge < -0.3 is 10.5 Å². The molecular formula is C19H25NO. The van der Waals surface area contributed by atoms with E-state index in [9.17, 15) is 0 Å². The zero-order chi connectivity index (χ0) is 15.2. The molecule has 2 N–H and O–H groups in total. The summed E-state index contributed by atoms with van der Waals surface area (Å²) in [5.41, 5.74) is 11.4. The molecule has 2 aromatic rings. The van der Waals surface area contributed by atoms with E-state index in [1.165, 1.54) is 16.7 Å². The number of hydrogen-bond donors (Lipinski definition) is 1. The highest BCUT2D eigenvalue weighted by atomic mass is 16.5. The smallest absolute Gasteiger partial charge is 0.0978 e. The van der Waals surface area contributed by atoms with E-state index in [0.717, 1.165) is 12.0 Å². The summed E-state index contributed by atoms with van der Waals surface area (Å²) in [5.74, 6) is 0. The molecule has 0 aliphatic heterocycles. The fourth-order valence-corrected chi connectivity index (χ4v) is 2.86. The van der Waals surface area contributed by atoms with Gasteiger partial charge >= 0.3 is 0 Å². The lowest BCUT2D eigenvalue weighted by molar-refractivity contribution is 0.0433. The van der Waals surface area contributed by atoms with Gasteiger partial charge in [-0.2, -0.15) is 0 Å². The Bertz CT molecular complexity index is 545. The Hall–Kier alpha value is -1.64. The first-order valence-electron chi connectivity index (χ1n) is 7.59. The van der Waals surface area contributed by atoms with Crippen LogP contribution in [0, 0.1) is 13.8 Å². The van der Waals surface area contributed by atoms with E-state index in [2.05, 4.69) is 44.2 Å². The van der Waals surface area contributed by atoms with Crippen molar-refractivity contribution in [2.45, 2.75) is 39.3 Å². The molecule has 0 saturated heterocycles. The van der Waals surface area contributed by atoms with E-state index < -0.39 is 0 Å². The van der Waals surface area contributed by atoms with E-state index in [1.807, 2.05) is 25.1 Å². The van der Waals surface area contributed by atoms with Crippen LogP contribution in [0.1, 0.15) is 35.3 Å². The monoisotopic (exact) mass is 283 g/mol. The highest BCUT2D eigenvalue weighted by Crippen LogP contribution is 2.23. The number of ether oxygens (including phenoxy) is 1. The summed E-state index contributed by atoms with van der Waals surface area (Å²) in [6.45, 7) is 6.93. The fraction of sp³-hybridized carbons (Fsp3) is 0.368. The van der Waals surface area contributed by atoms with Crippen molar-refractivity contribution < 1.29 is 4.74 Å². The van der Waals surface area contributed by atoms with Crippen molar-refractivity contribution in [3.8, 4) is 0 Å². The van der Waals surface area contributed by atoms with E-state index in [4.69, 9.17) is 10.5 Å². The van der Waals surface area contributed by atoms with E-state index in [-0.39, 0.29) is 12.1 Å². The summed E-state index contributed by atoms with van der Waals surface area (Å²) in [5, 5.41) is 0. The Kier molecular flexibility index (Phi) is 5.54. The standard InChI is InChI=1S/C19H25NO/c1-4-21-19(17-8-6-5-7-9-17)18(20)13-16-11-14(2)10-15(3)12-16/h5-12,18-19H,4,13,20H2,1-3H3. The van der Waals surface area contributed by atoms with Gasteiger partial charge in [0.2, 0.25) is 0 Å². The molecule has 0 radical (unpaired) electrons. The Balaban J connectivity index is 2.17. The van der Waals surface area contributed by atoms with Crippen LogP contribution in [0.3, 0.4) is 0 Å². The van der Waals surface area contributed by atoms with Gasteiger partial charge in [-0.05, 0) is 38.3 Å². The van der Waals surface area contributed by atoms with Gasteiger partial charge in [-0.1, -0.05) is 59.7 Å². The maximum atomic E-state index is 6.44. The van der Waals surface area contributed by atoms with Gasteiger partial charge in [-0.25, -0.2) is 0 Å². The minimum atomic E-state index is -0.0583. The molecule has 0 heterocycles. The number of aryl methyl sites for hydroxylation is 2. The van der Waals surface area contributed by atoms with Gasteiger partial charge in [-0.15, -0.1) is 0 Å². The van der Waals surface area contributed by atoms with Crippen LogP contribution in [0.25, 0.3) is 0 Å². The molecular weight excluding hydrogens is 258 g/mol. The van der Waals surface area contributed by atoms with Crippen LogP contribution in [0.4, 0.5) is 0 Å². The molecule has 0 aliphatic carbocycles. The van der Waals surface area contributed by atoms with Gasteiger partial charge in [0.15, 0.2) is 0 Å². The molecule has 2 nitrogen and oxygen atoms in total. The molecule has 2 atom stereocenters. The van der Waals surface area contributed by atoms with Crippen molar-refractivity contribution in [2.75, 3.05) is 6.61 Å². The van der Waals surface area contributed by atoms with Gasteiger partial charge in [0.1, 0.15) is 0 Å². The molecule has 2 unspecified atom stereocenters. The predicted octanol–water partition coefficient (Wildman–Crippen LogP) is 3.95. The van der Waals surface area contributed by atoms with Gasteiger partial charge in [0.25, 0.3) is 0 Å². The second-order valence-corrected chi connectivity index (χ2v) is 5.65. The highest BCUT2D eigenvalue weighted by molar-refractivity contribution is 5.30. The third kappa shape index (κ3) is 4.42. The fourth-order valence-electron chi connectivity index (χ4n) is 2.86. The number of nitrogens with two attached hydrogens (primary N) is 1. The van der Waals surface area contributed by atoms with Gasteiger partial charge in [0, 0.05) is 12.6 Å². The molecule has 0 fully saturated rings. The lowest BCUT2D eigenvalue weighted by atomic mass is 9.95. The maximum Gasteiger partial charge on any atom is 0.0978 e. The second-order valence-electron chi connectivity index (χ2n) is 5.65. The van der Waals surface area contributed by atoms with Crippen molar-refractivity contribution in [3.63, 3.8) is 0 Å². The Morgan fingerprint density at radius 2 is 1.62 bits per heavy atom. The van der Waals surface area contributed by atoms with Crippen molar-refractivity contribution in [2.24, 2.45) is 5.73 Å².